The van der Waals surface area contributed by atoms with Crippen molar-refractivity contribution >= 4 is 15.7 Å². The average Bonchev–Trinajstić information content (AvgIpc) is 3.36. The molecule has 7 nitrogen and oxygen atoms in total. The van der Waals surface area contributed by atoms with Crippen LogP contribution in [0.2, 0.25) is 0 Å². The van der Waals surface area contributed by atoms with E-state index in [1.165, 1.54) is 37.3 Å². The monoisotopic (exact) mass is 445 g/mol. The molecule has 1 aliphatic rings. The number of benzene rings is 1. The van der Waals surface area contributed by atoms with Gasteiger partial charge in [0, 0.05) is 25.9 Å². The number of halogens is 3. The summed E-state index contributed by atoms with van der Waals surface area (Å²) in [5, 5.41) is 5.48. The lowest BCUT2D eigenvalue weighted by atomic mass is 10.1. The van der Waals surface area contributed by atoms with E-state index in [1.807, 2.05) is 0 Å². The number of carbonyl (C=O) groups is 1. The Balaban J connectivity index is 1.98. The number of methoxy groups -OCH3 is 1. The third kappa shape index (κ3) is 4.51. The molecular weight excluding hydrogens is 423 g/mol. The normalized spacial score (nSPS) is 19.8. The standard InChI is InChI=1S/C19H22F3N3O4S/c1-23-18(26)11-25-10-13(9-24-25)12-3-6-17(16(7-12)19(20,21)22)30(27,28)15-5-4-14(8-15)29-2/h3,6-7,9-10,14-15H,4-5,8,11H2,1-2H3,(H,23,26)/t14-,15+/m0/s1. The molecule has 0 aliphatic heterocycles. The van der Waals surface area contributed by atoms with Crippen LogP contribution in [-0.2, 0) is 32.1 Å². The Bertz CT molecular complexity index is 1030. The van der Waals surface area contributed by atoms with Crippen molar-refractivity contribution in [2.75, 3.05) is 14.2 Å². The number of hydrogen-bond donors (Lipinski definition) is 1. The summed E-state index contributed by atoms with van der Waals surface area (Å²) in [5.74, 6) is -0.312. The maximum Gasteiger partial charge on any atom is 0.417 e. The largest absolute Gasteiger partial charge is 0.417 e. The summed E-state index contributed by atoms with van der Waals surface area (Å²) in [6.07, 6.45) is -1.45. The topological polar surface area (TPSA) is 90.3 Å². The van der Waals surface area contributed by atoms with Crippen molar-refractivity contribution in [3.8, 4) is 11.1 Å². The number of rotatable bonds is 6. The Morgan fingerprint density at radius 1 is 1.30 bits per heavy atom. The maximum atomic E-state index is 13.8. The van der Waals surface area contributed by atoms with E-state index in [0.29, 0.717) is 12.0 Å². The van der Waals surface area contributed by atoms with Crippen molar-refractivity contribution in [3.63, 3.8) is 0 Å². The van der Waals surface area contributed by atoms with Gasteiger partial charge in [-0.1, -0.05) is 6.07 Å². The molecule has 1 aromatic carbocycles. The predicted molar refractivity (Wildman–Crippen MR) is 102 cm³/mol. The molecule has 1 saturated carbocycles. The van der Waals surface area contributed by atoms with Crippen molar-refractivity contribution in [2.45, 2.75) is 48.2 Å². The summed E-state index contributed by atoms with van der Waals surface area (Å²) in [7, 11) is -1.27. The van der Waals surface area contributed by atoms with Gasteiger partial charge >= 0.3 is 6.18 Å². The minimum Gasteiger partial charge on any atom is -0.381 e. The van der Waals surface area contributed by atoms with Crippen LogP contribution in [0.25, 0.3) is 11.1 Å². The molecule has 30 heavy (non-hydrogen) atoms. The van der Waals surface area contributed by atoms with Crippen LogP contribution in [0.5, 0.6) is 0 Å². The van der Waals surface area contributed by atoms with Gasteiger partial charge in [-0.2, -0.15) is 18.3 Å². The number of amides is 1. The van der Waals surface area contributed by atoms with Gasteiger partial charge in [0.25, 0.3) is 0 Å². The second-order valence-electron chi connectivity index (χ2n) is 7.15. The Morgan fingerprint density at radius 2 is 2.03 bits per heavy atom. The van der Waals surface area contributed by atoms with Gasteiger partial charge in [0.15, 0.2) is 9.84 Å². The molecule has 1 amide bonds. The van der Waals surface area contributed by atoms with E-state index in [2.05, 4.69) is 10.4 Å². The second kappa shape index (κ2) is 8.38. The van der Waals surface area contributed by atoms with Crippen LogP contribution in [0.4, 0.5) is 13.2 Å². The molecule has 0 spiro atoms. The van der Waals surface area contributed by atoms with E-state index in [9.17, 15) is 26.4 Å². The Hall–Kier alpha value is -2.40. The fourth-order valence-electron chi connectivity index (χ4n) is 3.58. The lowest BCUT2D eigenvalue weighted by Crippen LogP contribution is -2.23. The van der Waals surface area contributed by atoms with E-state index in [0.717, 1.165) is 12.1 Å². The molecule has 11 heteroatoms. The molecule has 1 aliphatic carbocycles. The summed E-state index contributed by atoms with van der Waals surface area (Å²) in [5.41, 5.74) is -0.709. The summed E-state index contributed by atoms with van der Waals surface area (Å²) in [6, 6.07) is 3.15. The number of nitrogens with zero attached hydrogens (tertiary/aromatic N) is 2. The van der Waals surface area contributed by atoms with Crippen LogP contribution in [0, 0.1) is 0 Å². The molecule has 0 radical (unpaired) electrons. The van der Waals surface area contributed by atoms with Crippen LogP contribution in [0.1, 0.15) is 24.8 Å². The van der Waals surface area contributed by atoms with E-state index in [1.54, 1.807) is 0 Å². The first kappa shape index (κ1) is 22.3. The van der Waals surface area contributed by atoms with Crippen LogP contribution >= 0.6 is 0 Å². The maximum absolute atomic E-state index is 13.8. The summed E-state index contributed by atoms with van der Waals surface area (Å²) in [4.78, 5) is 10.7. The number of likely N-dealkylation sites (N-methyl/N-ethyl adjacent to an activating group) is 1. The molecule has 1 heterocycles. The fourth-order valence-corrected chi connectivity index (χ4v) is 5.59. The lowest BCUT2D eigenvalue weighted by molar-refractivity contribution is -0.139. The Morgan fingerprint density at radius 3 is 2.63 bits per heavy atom. The summed E-state index contributed by atoms with van der Waals surface area (Å²) in [6.45, 7) is -0.0859. The summed E-state index contributed by atoms with van der Waals surface area (Å²) >= 11 is 0. The number of nitrogens with one attached hydrogen (secondary N) is 1. The Labute approximate surface area is 172 Å². The van der Waals surface area contributed by atoms with Gasteiger partial charge in [0.05, 0.1) is 28.0 Å². The van der Waals surface area contributed by atoms with Crippen molar-refractivity contribution < 1.29 is 31.1 Å². The van der Waals surface area contributed by atoms with Crippen LogP contribution in [0.3, 0.4) is 0 Å². The number of alkyl halides is 3. The van der Waals surface area contributed by atoms with Crippen molar-refractivity contribution in [3.05, 3.63) is 36.2 Å². The highest BCUT2D eigenvalue weighted by molar-refractivity contribution is 7.92. The number of aromatic nitrogens is 2. The van der Waals surface area contributed by atoms with Gasteiger partial charge in [0.1, 0.15) is 6.54 Å². The van der Waals surface area contributed by atoms with E-state index < -0.39 is 31.7 Å². The first-order valence-electron chi connectivity index (χ1n) is 9.27. The van der Waals surface area contributed by atoms with Gasteiger partial charge in [-0.25, -0.2) is 8.42 Å². The van der Waals surface area contributed by atoms with E-state index in [4.69, 9.17) is 4.74 Å². The van der Waals surface area contributed by atoms with E-state index >= 15 is 0 Å². The van der Waals surface area contributed by atoms with Gasteiger partial charge in [-0.15, -0.1) is 0 Å². The first-order valence-corrected chi connectivity index (χ1v) is 10.8. The highest BCUT2D eigenvalue weighted by Crippen LogP contribution is 2.40. The van der Waals surface area contributed by atoms with E-state index in [-0.39, 0.29) is 37.0 Å². The number of hydrogen-bond acceptors (Lipinski definition) is 5. The van der Waals surface area contributed by atoms with Gasteiger partial charge in [-0.05, 0) is 37.0 Å². The zero-order valence-electron chi connectivity index (χ0n) is 16.4. The van der Waals surface area contributed by atoms with Gasteiger partial charge in [-0.3, -0.25) is 9.48 Å². The quantitative estimate of drug-likeness (QED) is 0.738. The van der Waals surface area contributed by atoms with Crippen LogP contribution in [-0.4, -0.2) is 49.6 Å². The molecule has 0 bridgehead atoms. The molecule has 3 rings (SSSR count). The fraction of sp³-hybridized carbons (Fsp3) is 0.474. The number of carbonyl (C=O) groups excluding carboxylic acids is 1. The molecule has 1 N–H and O–H groups in total. The third-order valence-corrected chi connectivity index (χ3v) is 7.53. The SMILES string of the molecule is CNC(=O)Cn1cc(-c2ccc(S(=O)(=O)[C@@H]3CC[C@H](OC)C3)c(C(F)(F)F)c2)cn1. The predicted octanol–water partition coefficient (Wildman–Crippen LogP) is 2.66. The third-order valence-electron chi connectivity index (χ3n) is 5.25. The molecular formula is C19H22F3N3O4S. The molecule has 2 atom stereocenters. The Kier molecular flexibility index (Phi) is 6.23. The molecule has 1 aromatic heterocycles. The molecule has 0 saturated heterocycles. The molecule has 164 valence electrons. The van der Waals surface area contributed by atoms with Crippen molar-refractivity contribution in [1.82, 2.24) is 15.1 Å². The zero-order valence-corrected chi connectivity index (χ0v) is 17.3. The lowest BCUT2D eigenvalue weighted by Gasteiger charge is -2.18. The van der Waals surface area contributed by atoms with Crippen molar-refractivity contribution in [2.24, 2.45) is 0 Å². The van der Waals surface area contributed by atoms with Crippen LogP contribution in [0.15, 0.2) is 35.5 Å². The number of sulfone groups is 1. The zero-order chi connectivity index (χ0) is 22.1. The van der Waals surface area contributed by atoms with Gasteiger partial charge in [0.2, 0.25) is 5.91 Å². The average molecular weight is 445 g/mol. The minimum atomic E-state index is -4.85. The van der Waals surface area contributed by atoms with Crippen LogP contribution < -0.4 is 5.32 Å². The first-order chi connectivity index (χ1) is 14.1. The smallest absolute Gasteiger partial charge is 0.381 e. The highest BCUT2D eigenvalue weighted by Gasteiger charge is 2.42. The minimum absolute atomic E-state index is 0.0859. The second-order valence-corrected chi connectivity index (χ2v) is 9.34. The molecule has 1 fully saturated rings. The summed E-state index contributed by atoms with van der Waals surface area (Å²) < 4.78 is 73.6. The number of ether oxygens (including phenoxy) is 1. The van der Waals surface area contributed by atoms with Crippen molar-refractivity contribution in [1.29, 1.82) is 0 Å². The van der Waals surface area contributed by atoms with Gasteiger partial charge < -0.3 is 10.1 Å². The highest BCUT2D eigenvalue weighted by atomic mass is 32.2. The molecule has 0 unspecified atom stereocenters. The molecule has 2 aromatic rings.